The number of nitrogens with zero attached hydrogens (tertiary/aromatic N) is 1. The number of amides is 2. The van der Waals surface area contributed by atoms with Crippen molar-refractivity contribution in [3.63, 3.8) is 0 Å². The first-order valence-corrected chi connectivity index (χ1v) is 13.2. The van der Waals surface area contributed by atoms with Gasteiger partial charge >= 0.3 is 5.97 Å². The SMILES string of the molecule is COC(=O)[C@@H]1C(=O)NC(SCC(=O)Nc2c(C)cc(Br)cc2C)=C(C#N)[C@@H]1c1ccc(OC)c(Br)c1. The molecule has 0 aliphatic carbocycles. The summed E-state index contributed by atoms with van der Waals surface area (Å²) in [5.74, 6) is -3.35. The van der Waals surface area contributed by atoms with Crippen molar-refractivity contribution in [2.45, 2.75) is 19.8 Å². The van der Waals surface area contributed by atoms with Gasteiger partial charge in [-0.05, 0) is 70.7 Å². The lowest BCUT2D eigenvalue weighted by molar-refractivity contribution is -0.150. The Bertz CT molecular complexity index is 1280. The average Bonchev–Trinajstić information content (AvgIpc) is 2.83. The predicted octanol–water partition coefficient (Wildman–Crippen LogP) is 4.95. The van der Waals surface area contributed by atoms with Crippen LogP contribution in [-0.4, -0.2) is 37.8 Å². The van der Waals surface area contributed by atoms with E-state index >= 15 is 0 Å². The molecule has 2 aromatic rings. The number of rotatable bonds is 7. The second kappa shape index (κ2) is 12.0. The van der Waals surface area contributed by atoms with Crippen molar-refractivity contribution in [1.29, 1.82) is 5.26 Å². The van der Waals surface area contributed by atoms with Crippen molar-refractivity contribution in [3.8, 4) is 11.8 Å². The number of carbonyl (C=O) groups is 3. The molecule has 8 nitrogen and oxygen atoms in total. The third kappa shape index (κ3) is 5.94. The number of aryl methyl sites for hydroxylation is 2. The number of allylic oxidation sites excluding steroid dienone is 1. The highest BCUT2D eigenvalue weighted by Crippen LogP contribution is 2.42. The molecule has 1 heterocycles. The second-order valence-corrected chi connectivity index (χ2v) is 10.7. The van der Waals surface area contributed by atoms with Crippen LogP contribution < -0.4 is 15.4 Å². The van der Waals surface area contributed by atoms with Gasteiger partial charge in [-0.15, -0.1) is 0 Å². The molecule has 2 aromatic carbocycles. The van der Waals surface area contributed by atoms with Gasteiger partial charge in [-0.3, -0.25) is 14.4 Å². The van der Waals surface area contributed by atoms with Crippen LogP contribution in [0.3, 0.4) is 0 Å². The Balaban J connectivity index is 1.93. The predicted molar refractivity (Wildman–Crippen MR) is 144 cm³/mol. The Hall–Kier alpha value is -2.81. The van der Waals surface area contributed by atoms with E-state index in [1.165, 1.54) is 14.2 Å². The standard InChI is InChI=1S/C25H23Br2N3O5S/c1-12-7-15(26)8-13(2)22(12)29-19(31)11-36-24-16(10-28)20(21(23(32)30-24)25(33)35-4)14-5-6-18(34-3)17(27)9-14/h5-9,20-21H,11H2,1-4H3,(H,29,31)(H,30,32)/t20-,21-/m0/s1. The first-order valence-electron chi connectivity index (χ1n) is 10.7. The zero-order valence-corrected chi connectivity index (χ0v) is 23.9. The number of hydrogen-bond acceptors (Lipinski definition) is 7. The summed E-state index contributed by atoms with van der Waals surface area (Å²) in [5, 5.41) is 15.8. The molecular weight excluding hydrogens is 614 g/mol. The molecular formula is C25H23Br2N3O5S. The number of hydrogen-bond donors (Lipinski definition) is 2. The fourth-order valence-corrected chi connectivity index (χ4v) is 6.07. The molecule has 1 aliphatic heterocycles. The molecule has 0 radical (unpaired) electrons. The van der Waals surface area contributed by atoms with E-state index < -0.39 is 23.7 Å². The van der Waals surface area contributed by atoms with Gasteiger partial charge < -0.3 is 20.1 Å². The largest absolute Gasteiger partial charge is 0.496 e. The Morgan fingerprint density at radius 3 is 2.39 bits per heavy atom. The van der Waals surface area contributed by atoms with Gasteiger partial charge in [0.05, 0.1) is 41.1 Å². The number of benzene rings is 2. The van der Waals surface area contributed by atoms with E-state index in [9.17, 15) is 19.6 Å². The van der Waals surface area contributed by atoms with Crippen molar-refractivity contribution >= 4 is 67.1 Å². The number of ether oxygens (including phenoxy) is 2. The van der Waals surface area contributed by atoms with Crippen LogP contribution in [0.4, 0.5) is 5.69 Å². The third-order valence-electron chi connectivity index (χ3n) is 5.63. The maximum atomic E-state index is 13.0. The van der Waals surface area contributed by atoms with Gasteiger partial charge in [-0.2, -0.15) is 5.26 Å². The van der Waals surface area contributed by atoms with Crippen LogP contribution in [0.5, 0.6) is 5.75 Å². The number of halogens is 2. The molecule has 0 aromatic heterocycles. The average molecular weight is 637 g/mol. The van der Waals surface area contributed by atoms with E-state index in [1.54, 1.807) is 18.2 Å². The summed E-state index contributed by atoms with van der Waals surface area (Å²) in [7, 11) is 2.70. The van der Waals surface area contributed by atoms with Crippen LogP contribution in [0.15, 0.2) is 49.9 Å². The molecule has 188 valence electrons. The van der Waals surface area contributed by atoms with Gasteiger partial charge in [-0.1, -0.05) is 33.8 Å². The molecule has 36 heavy (non-hydrogen) atoms. The first-order chi connectivity index (χ1) is 17.1. The summed E-state index contributed by atoms with van der Waals surface area (Å²) in [4.78, 5) is 38.3. The number of esters is 1. The van der Waals surface area contributed by atoms with Crippen molar-refractivity contribution in [1.82, 2.24) is 5.32 Å². The zero-order valence-electron chi connectivity index (χ0n) is 19.9. The molecule has 0 fully saturated rings. The molecule has 0 saturated heterocycles. The molecule has 2 amide bonds. The van der Waals surface area contributed by atoms with Crippen LogP contribution in [0.25, 0.3) is 0 Å². The zero-order chi connectivity index (χ0) is 26.6. The second-order valence-electron chi connectivity index (χ2n) is 7.97. The van der Waals surface area contributed by atoms with E-state index in [2.05, 4.69) is 48.6 Å². The lowest BCUT2D eigenvalue weighted by atomic mass is 9.78. The Morgan fingerprint density at radius 1 is 1.17 bits per heavy atom. The third-order valence-corrected chi connectivity index (χ3v) is 7.72. The van der Waals surface area contributed by atoms with Gasteiger partial charge in [-0.25, -0.2) is 0 Å². The van der Waals surface area contributed by atoms with Crippen molar-refractivity contribution in [3.05, 3.63) is 66.6 Å². The smallest absolute Gasteiger partial charge is 0.319 e. The molecule has 0 bridgehead atoms. The molecule has 0 spiro atoms. The van der Waals surface area contributed by atoms with E-state index in [-0.39, 0.29) is 22.3 Å². The van der Waals surface area contributed by atoms with Crippen LogP contribution in [0, 0.1) is 31.1 Å². The monoisotopic (exact) mass is 635 g/mol. The summed E-state index contributed by atoms with van der Waals surface area (Å²) in [6.45, 7) is 3.78. The molecule has 1 aliphatic rings. The summed E-state index contributed by atoms with van der Waals surface area (Å²) < 4.78 is 11.6. The quantitative estimate of drug-likeness (QED) is 0.326. The summed E-state index contributed by atoms with van der Waals surface area (Å²) >= 11 is 7.88. The molecule has 2 N–H and O–H groups in total. The summed E-state index contributed by atoms with van der Waals surface area (Å²) in [6, 6.07) is 11.0. The van der Waals surface area contributed by atoms with Gasteiger partial charge in [0.15, 0.2) is 0 Å². The van der Waals surface area contributed by atoms with Crippen molar-refractivity contribution < 1.29 is 23.9 Å². The van der Waals surface area contributed by atoms with Crippen LogP contribution in [-0.2, 0) is 19.1 Å². The van der Waals surface area contributed by atoms with Gasteiger partial charge in [0.2, 0.25) is 11.8 Å². The van der Waals surface area contributed by atoms with Gasteiger partial charge in [0, 0.05) is 16.1 Å². The van der Waals surface area contributed by atoms with E-state index in [0.717, 1.165) is 27.4 Å². The van der Waals surface area contributed by atoms with E-state index in [4.69, 9.17) is 9.47 Å². The minimum atomic E-state index is -1.27. The Labute approximate surface area is 230 Å². The van der Waals surface area contributed by atoms with Crippen LogP contribution in [0.2, 0.25) is 0 Å². The highest BCUT2D eigenvalue weighted by Gasteiger charge is 2.44. The lowest BCUT2D eigenvalue weighted by Gasteiger charge is -2.31. The molecule has 0 unspecified atom stereocenters. The number of methoxy groups -OCH3 is 2. The van der Waals surface area contributed by atoms with E-state index in [0.29, 0.717) is 21.5 Å². The van der Waals surface area contributed by atoms with E-state index in [1.807, 2.05) is 26.0 Å². The minimum Gasteiger partial charge on any atom is -0.496 e. The van der Waals surface area contributed by atoms with Gasteiger partial charge in [0.25, 0.3) is 0 Å². The summed E-state index contributed by atoms with van der Waals surface area (Å²) in [6.07, 6.45) is 0. The molecule has 0 saturated carbocycles. The summed E-state index contributed by atoms with van der Waals surface area (Å²) in [5.41, 5.74) is 3.21. The van der Waals surface area contributed by atoms with Crippen molar-refractivity contribution in [2.24, 2.45) is 5.92 Å². The Morgan fingerprint density at radius 2 is 1.83 bits per heavy atom. The topological polar surface area (TPSA) is 118 Å². The van der Waals surface area contributed by atoms with Crippen molar-refractivity contribution in [2.75, 3.05) is 25.3 Å². The fraction of sp³-hybridized carbons (Fsp3) is 0.280. The highest BCUT2D eigenvalue weighted by atomic mass is 79.9. The highest BCUT2D eigenvalue weighted by molar-refractivity contribution is 9.10. The maximum absolute atomic E-state index is 13.0. The Kier molecular flexibility index (Phi) is 9.22. The minimum absolute atomic E-state index is 0.0579. The van der Waals surface area contributed by atoms with Gasteiger partial charge in [0.1, 0.15) is 11.7 Å². The normalized spacial score (nSPS) is 17.2. The number of carbonyl (C=O) groups excluding carboxylic acids is 3. The number of thioether (sulfide) groups is 1. The van der Waals surface area contributed by atoms with Crippen LogP contribution >= 0.6 is 43.6 Å². The molecule has 2 atom stereocenters. The number of anilines is 1. The van der Waals surface area contributed by atoms with Crippen LogP contribution in [0.1, 0.15) is 22.6 Å². The fourth-order valence-electron chi connectivity index (χ4n) is 3.98. The maximum Gasteiger partial charge on any atom is 0.319 e. The first kappa shape index (κ1) is 27.8. The number of nitriles is 1. The number of nitrogens with one attached hydrogen (secondary N) is 2. The lowest BCUT2D eigenvalue weighted by Crippen LogP contribution is -2.44. The molecule has 11 heteroatoms. The molecule has 3 rings (SSSR count).